The summed E-state index contributed by atoms with van der Waals surface area (Å²) < 4.78 is 10.2. The highest BCUT2D eigenvalue weighted by Crippen LogP contribution is 2.47. The lowest BCUT2D eigenvalue weighted by molar-refractivity contribution is -0.159. The van der Waals surface area contributed by atoms with Crippen molar-refractivity contribution >= 4 is 23.4 Å². The molecule has 2 fully saturated rings. The van der Waals surface area contributed by atoms with Gasteiger partial charge in [-0.3, -0.25) is 0 Å². The minimum absolute atomic E-state index is 0.113. The van der Waals surface area contributed by atoms with E-state index in [0.717, 1.165) is 26.1 Å². The Hall–Kier alpha value is -1.40. The fourth-order valence-corrected chi connectivity index (χ4v) is 2.87. The van der Waals surface area contributed by atoms with Crippen molar-refractivity contribution in [3.63, 3.8) is 0 Å². The van der Waals surface area contributed by atoms with Gasteiger partial charge in [-0.1, -0.05) is 0 Å². The average Bonchev–Trinajstić information content (AvgIpc) is 2.31. The lowest BCUT2D eigenvalue weighted by Crippen LogP contribution is -2.56. The second-order valence-electron chi connectivity index (χ2n) is 5.36. The van der Waals surface area contributed by atoms with Crippen LogP contribution in [0.4, 0.5) is 5.82 Å². The molecule has 0 aromatic carbocycles. The van der Waals surface area contributed by atoms with Crippen LogP contribution in [0.5, 0.6) is 0 Å². The first-order chi connectivity index (χ1) is 9.62. The molecule has 0 atom stereocenters. The minimum atomic E-state index is -0.437. The number of hydrogen-bond acceptors (Lipinski definition) is 6. The number of ether oxygens (including phenoxy) is 2. The fourth-order valence-electron chi connectivity index (χ4n) is 2.74. The predicted molar refractivity (Wildman–Crippen MR) is 72.9 cm³/mol. The van der Waals surface area contributed by atoms with E-state index < -0.39 is 5.97 Å². The third kappa shape index (κ3) is 2.45. The Morgan fingerprint density at radius 3 is 2.95 bits per heavy atom. The van der Waals surface area contributed by atoms with Crippen molar-refractivity contribution in [1.82, 2.24) is 9.97 Å². The van der Waals surface area contributed by atoms with Crippen LogP contribution < -0.4 is 5.32 Å². The lowest BCUT2D eigenvalue weighted by atomic mass is 9.64. The summed E-state index contributed by atoms with van der Waals surface area (Å²) >= 11 is 5.80. The third-order valence-electron chi connectivity index (χ3n) is 3.77. The maximum Gasteiger partial charge on any atom is 0.343 e. The number of halogens is 1. The summed E-state index contributed by atoms with van der Waals surface area (Å²) in [7, 11) is 0. The molecule has 6 nitrogen and oxygen atoms in total. The smallest absolute Gasteiger partial charge is 0.343 e. The number of carbonyl (C=O) groups is 1. The molecule has 1 aliphatic carbocycles. The summed E-state index contributed by atoms with van der Waals surface area (Å²) in [5.74, 6) is 0.0104. The molecule has 2 heterocycles. The van der Waals surface area contributed by atoms with Crippen molar-refractivity contribution in [3.8, 4) is 0 Å². The van der Waals surface area contributed by atoms with Gasteiger partial charge in [-0.2, -0.15) is 4.98 Å². The Morgan fingerprint density at radius 2 is 2.35 bits per heavy atom. The highest BCUT2D eigenvalue weighted by Gasteiger charge is 2.50. The number of hydrogen-bond donors (Lipinski definition) is 1. The minimum Gasteiger partial charge on any atom is -0.462 e. The summed E-state index contributed by atoms with van der Waals surface area (Å²) in [5, 5.41) is 3.37. The van der Waals surface area contributed by atoms with E-state index >= 15 is 0 Å². The van der Waals surface area contributed by atoms with Gasteiger partial charge < -0.3 is 14.8 Å². The van der Waals surface area contributed by atoms with E-state index in [9.17, 15) is 4.79 Å². The van der Waals surface area contributed by atoms with Crippen molar-refractivity contribution in [2.75, 3.05) is 25.1 Å². The molecule has 3 rings (SSSR count). The quantitative estimate of drug-likeness (QED) is 0.676. The fraction of sp³-hybridized carbons (Fsp3) is 0.615. The van der Waals surface area contributed by atoms with Crippen molar-refractivity contribution in [2.45, 2.75) is 25.8 Å². The van der Waals surface area contributed by atoms with Crippen LogP contribution in [-0.4, -0.2) is 41.8 Å². The molecule has 0 unspecified atom stereocenters. The van der Waals surface area contributed by atoms with Gasteiger partial charge in [0.05, 0.1) is 19.8 Å². The molecule has 108 valence electrons. The predicted octanol–water partition coefficient (Wildman–Crippen LogP) is 1.90. The first-order valence-corrected chi connectivity index (χ1v) is 7.04. The lowest BCUT2D eigenvalue weighted by Gasteiger charge is -2.53. The van der Waals surface area contributed by atoms with Gasteiger partial charge in [0, 0.05) is 17.7 Å². The van der Waals surface area contributed by atoms with Crippen LogP contribution >= 0.6 is 11.6 Å². The van der Waals surface area contributed by atoms with E-state index in [2.05, 4.69) is 15.3 Å². The Balaban J connectivity index is 1.71. The number of esters is 1. The highest BCUT2D eigenvalue weighted by atomic mass is 35.5. The third-order valence-corrected chi connectivity index (χ3v) is 3.95. The van der Waals surface area contributed by atoms with Gasteiger partial charge >= 0.3 is 5.97 Å². The Bertz CT molecular complexity index is 526. The summed E-state index contributed by atoms with van der Waals surface area (Å²) in [6.07, 6.45) is 3.45. The Kier molecular flexibility index (Phi) is 3.52. The van der Waals surface area contributed by atoms with Crippen LogP contribution in [0.15, 0.2) is 6.20 Å². The van der Waals surface area contributed by atoms with Crippen LogP contribution in [0.3, 0.4) is 0 Å². The van der Waals surface area contributed by atoms with Gasteiger partial charge in [0.1, 0.15) is 11.4 Å². The van der Waals surface area contributed by atoms with E-state index in [1.54, 1.807) is 6.92 Å². The molecule has 1 spiro atoms. The van der Waals surface area contributed by atoms with E-state index in [4.69, 9.17) is 21.1 Å². The molecule has 1 saturated carbocycles. The van der Waals surface area contributed by atoms with Gasteiger partial charge in [0.2, 0.25) is 5.28 Å². The maximum atomic E-state index is 11.9. The number of aromatic nitrogens is 2. The molecule has 1 N–H and O–H groups in total. The molecule has 1 aliphatic heterocycles. The van der Waals surface area contributed by atoms with Gasteiger partial charge in [0.25, 0.3) is 0 Å². The van der Waals surface area contributed by atoms with Crippen LogP contribution in [0.1, 0.15) is 30.1 Å². The normalized spacial score (nSPS) is 20.1. The van der Waals surface area contributed by atoms with Gasteiger partial charge in [-0.15, -0.1) is 0 Å². The highest BCUT2D eigenvalue weighted by molar-refractivity contribution is 6.28. The van der Waals surface area contributed by atoms with Crippen molar-refractivity contribution in [2.24, 2.45) is 5.41 Å². The number of carbonyl (C=O) groups excluding carboxylic acids is 1. The molecule has 2 aliphatic rings. The van der Waals surface area contributed by atoms with Crippen molar-refractivity contribution in [3.05, 3.63) is 17.0 Å². The second-order valence-corrected chi connectivity index (χ2v) is 5.70. The van der Waals surface area contributed by atoms with Crippen molar-refractivity contribution in [1.29, 1.82) is 0 Å². The van der Waals surface area contributed by atoms with E-state index in [0.29, 0.717) is 23.4 Å². The Morgan fingerprint density at radius 1 is 1.60 bits per heavy atom. The summed E-state index contributed by atoms with van der Waals surface area (Å²) in [6, 6.07) is 0.290. The molecule has 0 bridgehead atoms. The number of nitrogens with one attached hydrogen (secondary N) is 1. The largest absolute Gasteiger partial charge is 0.462 e. The SMILES string of the molecule is CCOC(=O)c1cnc(Cl)nc1NC1CC2(COC2)C1. The first kappa shape index (κ1) is 13.6. The molecule has 1 saturated heterocycles. The van der Waals surface area contributed by atoms with Crippen molar-refractivity contribution < 1.29 is 14.3 Å². The number of nitrogens with zero attached hydrogens (tertiary/aromatic N) is 2. The van der Waals surface area contributed by atoms with E-state index in [1.165, 1.54) is 6.20 Å². The van der Waals surface area contributed by atoms with E-state index in [-0.39, 0.29) is 11.3 Å². The zero-order chi connectivity index (χ0) is 14.2. The summed E-state index contributed by atoms with van der Waals surface area (Å²) in [5.41, 5.74) is 0.667. The van der Waals surface area contributed by atoms with Crippen LogP contribution in [-0.2, 0) is 9.47 Å². The molecule has 0 radical (unpaired) electrons. The van der Waals surface area contributed by atoms with Crippen LogP contribution in [0.25, 0.3) is 0 Å². The average molecular weight is 298 g/mol. The summed E-state index contributed by atoms with van der Waals surface area (Å²) in [6.45, 7) is 3.74. The number of anilines is 1. The summed E-state index contributed by atoms with van der Waals surface area (Å²) in [4.78, 5) is 19.8. The Labute approximate surface area is 121 Å². The first-order valence-electron chi connectivity index (χ1n) is 6.66. The molecule has 20 heavy (non-hydrogen) atoms. The second kappa shape index (κ2) is 5.18. The number of rotatable bonds is 4. The topological polar surface area (TPSA) is 73.3 Å². The molecular weight excluding hydrogens is 282 g/mol. The van der Waals surface area contributed by atoms with Gasteiger partial charge in [0.15, 0.2) is 0 Å². The van der Waals surface area contributed by atoms with Crippen LogP contribution in [0.2, 0.25) is 5.28 Å². The standard InChI is InChI=1S/C13H16ClN3O3/c1-2-20-11(18)9-5-15-12(14)17-10(9)16-8-3-13(4-8)6-19-7-13/h5,8H,2-4,6-7H2,1H3,(H,15,16,17). The molecule has 7 heteroatoms. The monoisotopic (exact) mass is 297 g/mol. The van der Waals surface area contributed by atoms with Crippen LogP contribution in [0, 0.1) is 5.41 Å². The zero-order valence-corrected chi connectivity index (χ0v) is 11.9. The maximum absolute atomic E-state index is 11.9. The van der Waals surface area contributed by atoms with E-state index in [1.807, 2.05) is 0 Å². The van der Waals surface area contributed by atoms with Gasteiger partial charge in [-0.25, -0.2) is 9.78 Å². The molecule has 0 amide bonds. The molecule has 1 aromatic rings. The molecule has 1 aromatic heterocycles. The zero-order valence-electron chi connectivity index (χ0n) is 11.2. The molecular formula is C13H16ClN3O3. The van der Waals surface area contributed by atoms with Gasteiger partial charge in [-0.05, 0) is 31.4 Å².